The predicted molar refractivity (Wildman–Crippen MR) is 56.2 cm³/mol. The van der Waals surface area contributed by atoms with Crippen LogP contribution in [0.15, 0.2) is 21.3 Å². The first-order valence-corrected chi connectivity index (χ1v) is 5.30. The van der Waals surface area contributed by atoms with Crippen molar-refractivity contribution in [2.24, 2.45) is 0 Å². The Hall–Kier alpha value is -2.12. The Labute approximate surface area is 105 Å². The summed E-state index contributed by atoms with van der Waals surface area (Å²) < 4.78 is 46.5. The van der Waals surface area contributed by atoms with Gasteiger partial charge in [0.05, 0.1) is 11.8 Å². The van der Waals surface area contributed by atoms with Gasteiger partial charge in [-0.15, -0.1) is 0 Å². The van der Waals surface area contributed by atoms with Crippen molar-refractivity contribution in [2.75, 3.05) is 0 Å². The van der Waals surface area contributed by atoms with Crippen molar-refractivity contribution < 1.29 is 26.9 Å². The number of ketones is 1. The van der Waals surface area contributed by atoms with Crippen molar-refractivity contribution in [1.82, 2.24) is 10.1 Å². The third-order valence-electron chi connectivity index (χ3n) is 2.58. The first-order chi connectivity index (χ1) is 8.80. The Bertz CT molecular complexity index is 600. The minimum atomic E-state index is -4.93. The number of Topliss-reactive ketones (excluding diaryl/α,β-unsaturated/α-hetero) is 1. The van der Waals surface area contributed by atoms with E-state index in [0.29, 0.717) is 11.3 Å². The predicted octanol–water partition coefficient (Wildman–Crippen LogP) is 2.87. The molecule has 1 atom stereocenters. The number of aryl methyl sites for hydroxylation is 1. The van der Waals surface area contributed by atoms with Gasteiger partial charge < -0.3 is 8.94 Å². The smallest absolute Gasteiger partial charge is 0.450 e. The maximum Gasteiger partial charge on any atom is 0.450 e. The lowest BCUT2D eigenvalue weighted by Gasteiger charge is -2.07. The van der Waals surface area contributed by atoms with E-state index < -0.39 is 17.9 Å². The molecular weight excluding hydrogens is 265 g/mol. The molecule has 0 radical (unpaired) electrons. The molecule has 8 heteroatoms. The summed E-state index contributed by atoms with van der Waals surface area (Å²) >= 11 is 0. The Morgan fingerprint density at radius 3 is 2.63 bits per heavy atom. The summed E-state index contributed by atoms with van der Waals surface area (Å²) in [6.07, 6.45) is -3.54. The summed E-state index contributed by atoms with van der Waals surface area (Å²) in [6, 6.07) is 1.56. The molecule has 5 nitrogen and oxygen atoms in total. The lowest BCUT2D eigenvalue weighted by Crippen LogP contribution is -2.27. The molecule has 2 aromatic rings. The van der Waals surface area contributed by atoms with Crippen molar-refractivity contribution >= 4 is 5.78 Å². The number of alkyl halides is 3. The zero-order chi connectivity index (χ0) is 14.2. The van der Waals surface area contributed by atoms with Crippen LogP contribution in [0, 0.1) is 6.92 Å². The third-order valence-corrected chi connectivity index (χ3v) is 2.58. The first-order valence-electron chi connectivity index (χ1n) is 5.30. The molecule has 19 heavy (non-hydrogen) atoms. The SMILES string of the molecule is Cc1occc1-c1noc(C(C)C(=O)C(F)(F)F)n1. The summed E-state index contributed by atoms with van der Waals surface area (Å²) in [4.78, 5) is 14.8. The van der Waals surface area contributed by atoms with Gasteiger partial charge in [0, 0.05) is 0 Å². The topological polar surface area (TPSA) is 69.1 Å². The van der Waals surface area contributed by atoms with E-state index in [1.807, 2.05) is 0 Å². The highest BCUT2D eigenvalue weighted by Gasteiger charge is 2.44. The molecule has 0 saturated carbocycles. The van der Waals surface area contributed by atoms with Crippen LogP contribution in [-0.4, -0.2) is 22.1 Å². The molecule has 0 aromatic carbocycles. The number of nitrogens with zero attached hydrogens (tertiary/aromatic N) is 2. The number of aromatic nitrogens is 2. The van der Waals surface area contributed by atoms with Gasteiger partial charge in [-0.1, -0.05) is 5.16 Å². The normalized spacial score (nSPS) is 13.5. The number of furan rings is 1. The number of hydrogen-bond donors (Lipinski definition) is 0. The van der Waals surface area contributed by atoms with Gasteiger partial charge in [0.2, 0.25) is 17.5 Å². The summed E-state index contributed by atoms with van der Waals surface area (Å²) in [5, 5.41) is 3.54. The molecule has 2 aromatic heterocycles. The van der Waals surface area contributed by atoms with Crippen LogP contribution in [0.2, 0.25) is 0 Å². The van der Waals surface area contributed by atoms with Crippen molar-refractivity contribution in [2.45, 2.75) is 25.9 Å². The average molecular weight is 274 g/mol. The minimum absolute atomic E-state index is 0.0862. The maximum absolute atomic E-state index is 12.3. The molecule has 0 saturated heterocycles. The molecule has 0 aliphatic rings. The van der Waals surface area contributed by atoms with Crippen molar-refractivity contribution in [3.05, 3.63) is 24.0 Å². The molecule has 0 aliphatic heterocycles. The molecule has 0 bridgehead atoms. The number of hydrogen-bond acceptors (Lipinski definition) is 5. The molecular formula is C11H9F3N2O3. The van der Waals surface area contributed by atoms with Crippen LogP contribution in [0.4, 0.5) is 13.2 Å². The van der Waals surface area contributed by atoms with E-state index in [-0.39, 0.29) is 11.7 Å². The number of carbonyl (C=O) groups is 1. The highest BCUT2D eigenvalue weighted by Crippen LogP contribution is 2.28. The van der Waals surface area contributed by atoms with E-state index >= 15 is 0 Å². The Kier molecular flexibility index (Phi) is 3.17. The number of carbonyl (C=O) groups excluding carboxylic acids is 1. The van der Waals surface area contributed by atoms with Crippen LogP contribution in [-0.2, 0) is 4.79 Å². The van der Waals surface area contributed by atoms with E-state index in [9.17, 15) is 18.0 Å². The second-order valence-corrected chi connectivity index (χ2v) is 3.93. The van der Waals surface area contributed by atoms with Crippen LogP contribution in [0.5, 0.6) is 0 Å². The van der Waals surface area contributed by atoms with Crippen molar-refractivity contribution in [3.8, 4) is 11.4 Å². The highest BCUT2D eigenvalue weighted by atomic mass is 19.4. The molecule has 102 valence electrons. The molecule has 0 fully saturated rings. The van der Waals surface area contributed by atoms with Gasteiger partial charge in [0.25, 0.3) is 0 Å². The van der Waals surface area contributed by atoms with Gasteiger partial charge in [-0.05, 0) is 19.9 Å². The standard InChI is InChI=1S/C11H9F3N2O3/c1-5(8(17)11(12,13)14)10-15-9(16-19-10)7-3-4-18-6(7)2/h3-5H,1-2H3. The third kappa shape index (κ3) is 2.51. The molecule has 1 unspecified atom stereocenters. The first kappa shape index (κ1) is 13.3. The van der Waals surface area contributed by atoms with Gasteiger partial charge in [0.1, 0.15) is 11.7 Å². The number of rotatable bonds is 3. The Morgan fingerprint density at radius 1 is 1.42 bits per heavy atom. The Balaban J connectivity index is 2.27. The van der Waals surface area contributed by atoms with Crippen molar-refractivity contribution in [3.63, 3.8) is 0 Å². The van der Waals surface area contributed by atoms with E-state index in [2.05, 4.69) is 10.1 Å². The summed E-state index contributed by atoms with van der Waals surface area (Å²) in [5.74, 6) is -3.25. The lowest BCUT2D eigenvalue weighted by atomic mass is 10.1. The second kappa shape index (κ2) is 4.52. The fourth-order valence-electron chi connectivity index (χ4n) is 1.50. The molecule has 0 N–H and O–H groups in total. The highest BCUT2D eigenvalue weighted by molar-refractivity contribution is 5.89. The maximum atomic E-state index is 12.3. The van der Waals surface area contributed by atoms with Crippen LogP contribution >= 0.6 is 0 Å². The fraction of sp³-hybridized carbons (Fsp3) is 0.364. The minimum Gasteiger partial charge on any atom is -0.469 e. The summed E-state index contributed by atoms with van der Waals surface area (Å²) in [7, 11) is 0. The van der Waals surface area contributed by atoms with Crippen LogP contribution < -0.4 is 0 Å². The van der Waals surface area contributed by atoms with Crippen LogP contribution in [0.3, 0.4) is 0 Å². The second-order valence-electron chi connectivity index (χ2n) is 3.93. The van der Waals surface area contributed by atoms with Gasteiger partial charge in [-0.2, -0.15) is 18.2 Å². The van der Waals surface area contributed by atoms with Crippen LogP contribution in [0.1, 0.15) is 24.5 Å². The molecule has 0 aliphatic carbocycles. The van der Waals surface area contributed by atoms with E-state index in [1.54, 1.807) is 13.0 Å². The molecule has 2 rings (SSSR count). The Morgan fingerprint density at radius 2 is 2.11 bits per heavy atom. The zero-order valence-corrected chi connectivity index (χ0v) is 9.99. The van der Waals surface area contributed by atoms with E-state index in [0.717, 1.165) is 6.92 Å². The molecule has 0 spiro atoms. The van der Waals surface area contributed by atoms with Gasteiger partial charge in [0.15, 0.2) is 0 Å². The van der Waals surface area contributed by atoms with Crippen LogP contribution in [0.25, 0.3) is 11.4 Å². The fourth-order valence-corrected chi connectivity index (χ4v) is 1.50. The monoisotopic (exact) mass is 274 g/mol. The van der Waals surface area contributed by atoms with E-state index in [1.165, 1.54) is 6.26 Å². The number of halogens is 3. The van der Waals surface area contributed by atoms with E-state index in [4.69, 9.17) is 8.94 Å². The van der Waals surface area contributed by atoms with Gasteiger partial charge in [-0.3, -0.25) is 4.79 Å². The zero-order valence-electron chi connectivity index (χ0n) is 9.99. The van der Waals surface area contributed by atoms with Gasteiger partial charge in [-0.25, -0.2) is 0 Å². The summed E-state index contributed by atoms with van der Waals surface area (Å²) in [6.45, 7) is 2.71. The largest absolute Gasteiger partial charge is 0.469 e. The average Bonchev–Trinajstić information content (AvgIpc) is 2.93. The molecule has 0 amide bonds. The lowest BCUT2D eigenvalue weighted by molar-refractivity contribution is -0.172. The summed E-state index contributed by atoms with van der Waals surface area (Å²) in [5.41, 5.74) is 0.502. The quantitative estimate of drug-likeness (QED) is 0.860. The van der Waals surface area contributed by atoms with Gasteiger partial charge >= 0.3 is 6.18 Å². The molecule has 2 heterocycles. The van der Waals surface area contributed by atoms with Crippen molar-refractivity contribution in [1.29, 1.82) is 0 Å².